The number of rotatable bonds is 9. The van der Waals surface area contributed by atoms with E-state index in [1.54, 1.807) is 7.11 Å². The second-order valence-corrected chi connectivity index (χ2v) is 4.51. The van der Waals surface area contributed by atoms with Crippen molar-refractivity contribution in [3.8, 4) is 0 Å². The molecule has 0 spiro atoms. The van der Waals surface area contributed by atoms with Crippen molar-refractivity contribution in [1.29, 1.82) is 0 Å². The van der Waals surface area contributed by atoms with Crippen molar-refractivity contribution >= 4 is 0 Å². The van der Waals surface area contributed by atoms with Crippen molar-refractivity contribution in [2.75, 3.05) is 20.3 Å². The minimum Gasteiger partial charge on any atom is -0.383 e. The average molecular weight is 230 g/mol. The zero-order valence-electron chi connectivity index (χ0n) is 11.7. The van der Waals surface area contributed by atoms with E-state index in [0.717, 1.165) is 19.6 Å². The van der Waals surface area contributed by atoms with Gasteiger partial charge in [0.25, 0.3) is 0 Å². The fourth-order valence-electron chi connectivity index (χ4n) is 2.26. The van der Waals surface area contributed by atoms with Gasteiger partial charge in [-0.1, -0.05) is 20.8 Å². The molecule has 3 nitrogen and oxygen atoms in total. The van der Waals surface area contributed by atoms with Gasteiger partial charge in [0.2, 0.25) is 0 Å². The molecule has 0 aromatic carbocycles. The molecule has 0 amide bonds. The largest absolute Gasteiger partial charge is 0.383 e. The average Bonchev–Trinajstić information content (AvgIpc) is 2.32. The summed E-state index contributed by atoms with van der Waals surface area (Å²) in [5.41, 5.74) is 6.15. The van der Waals surface area contributed by atoms with Crippen LogP contribution in [0.25, 0.3) is 0 Å². The van der Waals surface area contributed by atoms with Gasteiger partial charge in [-0.05, 0) is 26.2 Å². The van der Waals surface area contributed by atoms with Gasteiger partial charge >= 0.3 is 0 Å². The summed E-state index contributed by atoms with van der Waals surface area (Å²) < 4.78 is 5.19. The van der Waals surface area contributed by atoms with E-state index in [0.29, 0.717) is 12.1 Å². The molecule has 0 saturated carbocycles. The summed E-state index contributed by atoms with van der Waals surface area (Å²) in [7, 11) is 1.76. The van der Waals surface area contributed by atoms with Crippen LogP contribution in [0, 0.1) is 0 Å². The molecule has 16 heavy (non-hydrogen) atoms. The number of nitrogens with two attached hydrogens (primary N) is 1. The predicted molar refractivity (Wildman–Crippen MR) is 70.7 cm³/mol. The van der Waals surface area contributed by atoms with Crippen LogP contribution in [0.2, 0.25) is 0 Å². The molecule has 0 saturated heterocycles. The molecule has 0 rings (SSSR count). The molecule has 0 heterocycles. The Kier molecular flexibility index (Phi) is 8.90. The van der Waals surface area contributed by atoms with Gasteiger partial charge in [-0.25, -0.2) is 0 Å². The first kappa shape index (κ1) is 15.9. The summed E-state index contributed by atoms with van der Waals surface area (Å²) in [5, 5.41) is 0. The number of nitrogens with zero attached hydrogens (tertiary/aromatic N) is 1. The van der Waals surface area contributed by atoms with E-state index >= 15 is 0 Å². The lowest BCUT2D eigenvalue weighted by Crippen LogP contribution is -2.51. The van der Waals surface area contributed by atoms with Crippen LogP contribution < -0.4 is 5.73 Å². The number of hydrogen-bond donors (Lipinski definition) is 1. The Hall–Kier alpha value is -0.120. The molecule has 2 N–H and O–H groups in total. The van der Waals surface area contributed by atoms with E-state index in [2.05, 4.69) is 32.6 Å². The van der Waals surface area contributed by atoms with Crippen LogP contribution in [-0.4, -0.2) is 43.3 Å². The minimum atomic E-state index is 0.262. The number of methoxy groups -OCH3 is 1. The van der Waals surface area contributed by atoms with Crippen molar-refractivity contribution in [2.45, 2.75) is 65.1 Å². The summed E-state index contributed by atoms with van der Waals surface area (Å²) in [6.45, 7) is 10.7. The van der Waals surface area contributed by atoms with E-state index in [9.17, 15) is 0 Å². The second kappa shape index (κ2) is 8.97. The van der Waals surface area contributed by atoms with Gasteiger partial charge in [0.05, 0.1) is 6.61 Å². The lowest BCUT2D eigenvalue weighted by Gasteiger charge is -2.38. The van der Waals surface area contributed by atoms with Crippen LogP contribution >= 0.6 is 0 Å². The monoisotopic (exact) mass is 230 g/mol. The zero-order valence-corrected chi connectivity index (χ0v) is 11.7. The van der Waals surface area contributed by atoms with Crippen molar-refractivity contribution in [3.05, 3.63) is 0 Å². The highest BCUT2D eigenvalue weighted by molar-refractivity contribution is 4.81. The molecule has 0 bridgehead atoms. The van der Waals surface area contributed by atoms with Gasteiger partial charge in [0, 0.05) is 31.8 Å². The first-order valence-electron chi connectivity index (χ1n) is 6.62. The van der Waals surface area contributed by atoms with E-state index in [1.807, 2.05) is 0 Å². The smallest absolute Gasteiger partial charge is 0.0589 e. The molecule has 0 aliphatic rings. The van der Waals surface area contributed by atoms with Crippen LogP contribution in [0.4, 0.5) is 0 Å². The summed E-state index contributed by atoms with van der Waals surface area (Å²) in [6.07, 6.45) is 3.40. The van der Waals surface area contributed by atoms with E-state index in [-0.39, 0.29) is 6.04 Å². The normalized spacial score (nSPS) is 15.8. The molecule has 0 aliphatic carbocycles. The summed E-state index contributed by atoms with van der Waals surface area (Å²) in [4.78, 5) is 2.51. The maximum Gasteiger partial charge on any atom is 0.0589 e. The molecule has 3 heteroatoms. The van der Waals surface area contributed by atoms with Gasteiger partial charge in [-0.3, -0.25) is 4.90 Å². The molecule has 0 radical (unpaired) electrons. The molecule has 0 fully saturated rings. The van der Waals surface area contributed by atoms with E-state index < -0.39 is 0 Å². The standard InChI is InChI=1S/C13H30N2O/c1-6-12(7-2)15(9-10-16-5)11(4)13(14)8-3/h11-13H,6-10,14H2,1-5H3. The Labute approximate surface area is 101 Å². The Morgan fingerprint density at radius 2 is 1.69 bits per heavy atom. The van der Waals surface area contributed by atoms with Crippen molar-refractivity contribution in [2.24, 2.45) is 5.73 Å². The third kappa shape index (κ3) is 4.81. The van der Waals surface area contributed by atoms with E-state index in [4.69, 9.17) is 10.5 Å². The molecule has 2 unspecified atom stereocenters. The van der Waals surface area contributed by atoms with Crippen molar-refractivity contribution in [1.82, 2.24) is 4.90 Å². The molecular formula is C13H30N2O. The summed E-state index contributed by atoms with van der Waals surface area (Å²) >= 11 is 0. The molecule has 2 atom stereocenters. The van der Waals surface area contributed by atoms with Crippen molar-refractivity contribution in [3.63, 3.8) is 0 Å². The molecule has 0 aliphatic heterocycles. The molecule has 0 aromatic heterocycles. The maximum absolute atomic E-state index is 6.15. The third-order valence-corrected chi connectivity index (χ3v) is 3.58. The SMILES string of the molecule is CCC(N)C(C)N(CCOC)C(CC)CC. The van der Waals surface area contributed by atoms with Gasteiger partial charge < -0.3 is 10.5 Å². The Bertz CT molecular complexity index is 160. The number of ether oxygens (including phenoxy) is 1. The maximum atomic E-state index is 6.15. The fraction of sp³-hybridized carbons (Fsp3) is 1.00. The first-order valence-corrected chi connectivity index (χ1v) is 6.62. The highest BCUT2D eigenvalue weighted by Crippen LogP contribution is 2.15. The van der Waals surface area contributed by atoms with Gasteiger partial charge in [-0.15, -0.1) is 0 Å². The molecular weight excluding hydrogens is 200 g/mol. The summed E-state index contributed by atoms with van der Waals surface area (Å²) in [6, 6.07) is 1.32. The highest BCUT2D eigenvalue weighted by atomic mass is 16.5. The van der Waals surface area contributed by atoms with E-state index in [1.165, 1.54) is 12.8 Å². The third-order valence-electron chi connectivity index (χ3n) is 3.58. The lowest BCUT2D eigenvalue weighted by atomic mass is 10.0. The summed E-state index contributed by atoms with van der Waals surface area (Å²) in [5.74, 6) is 0. The number of hydrogen-bond acceptors (Lipinski definition) is 3. The van der Waals surface area contributed by atoms with Crippen LogP contribution in [0.3, 0.4) is 0 Å². The molecule has 98 valence electrons. The topological polar surface area (TPSA) is 38.5 Å². The van der Waals surface area contributed by atoms with Crippen molar-refractivity contribution < 1.29 is 4.74 Å². The highest BCUT2D eigenvalue weighted by Gasteiger charge is 2.24. The minimum absolute atomic E-state index is 0.262. The van der Waals surface area contributed by atoms with Crippen LogP contribution in [-0.2, 0) is 4.74 Å². The van der Waals surface area contributed by atoms with Crippen LogP contribution in [0.15, 0.2) is 0 Å². The Morgan fingerprint density at radius 3 is 2.06 bits per heavy atom. The Balaban J connectivity index is 4.49. The Morgan fingerprint density at radius 1 is 1.12 bits per heavy atom. The predicted octanol–water partition coefficient (Wildman–Crippen LogP) is 2.25. The van der Waals surface area contributed by atoms with Crippen LogP contribution in [0.1, 0.15) is 47.0 Å². The van der Waals surface area contributed by atoms with Gasteiger partial charge in [0.15, 0.2) is 0 Å². The zero-order chi connectivity index (χ0) is 12.6. The quantitative estimate of drug-likeness (QED) is 0.660. The van der Waals surface area contributed by atoms with Crippen LogP contribution in [0.5, 0.6) is 0 Å². The fourth-order valence-corrected chi connectivity index (χ4v) is 2.26. The molecule has 0 aromatic rings. The first-order chi connectivity index (χ1) is 7.62. The second-order valence-electron chi connectivity index (χ2n) is 4.51. The van der Waals surface area contributed by atoms with Gasteiger partial charge in [0.1, 0.15) is 0 Å². The van der Waals surface area contributed by atoms with Gasteiger partial charge in [-0.2, -0.15) is 0 Å². The lowest BCUT2D eigenvalue weighted by molar-refractivity contribution is 0.0749.